The zero-order chi connectivity index (χ0) is 19.6. The molecule has 2 aromatic carbocycles. The summed E-state index contributed by atoms with van der Waals surface area (Å²) in [4.78, 5) is 35.3. The van der Waals surface area contributed by atoms with Gasteiger partial charge in [-0.05, 0) is 43.2 Å². The normalized spacial score (nSPS) is 10.1. The fraction of sp³-hybridized carbons (Fsp3) is 0.286. The molecule has 0 bridgehead atoms. The second-order valence-electron chi connectivity index (χ2n) is 5.76. The van der Waals surface area contributed by atoms with E-state index in [1.165, 1.54) is 7.11 Å². The van der Waals surface area contributed by atoms with Gasteiger partial charge in [0.25, 0.3) is 0 Å². The van der Waals surface area contributed by atoms with Gasteiger partial charge >= 0.3 is 11.9 Å². The topological polar surface area (TPSA) is 78.9 Å². The molecule has 0 aliphatic rings. The SMILES string of the molecule is CCOC(=O)CC(=O)CCc1ccc(OC(=O)c2ccccc2)c(OC)c1. The number of ketones is 1. The molecule has 0 radical (unpaired) electrons. The number of carbonyl (C=O) groups excluding carboxylic acids is 3. The molecule has 0 aromatic heterocycles. The number of Topliss-reactive ketones (excluding diaryl/α,β-unsaturated/α-hetero) is 1. The fourth-order valence-electron chi connectivity index (χ4n) is 2.43. The van der Waals surface area contributed by atoms with Crippen LogP contribution in [0.4, 0.5) is 0 Å². The molecule has 142 valence electrons. The first-order valence-electron chi connectivity index (χ1n) is 8.65. The summed E-state index contributed by atoms with van der Waals surface area (Å²) in [5, 5.41) is 0. The van der Waals surface area contributed by atoms with Crippen LogP contribution in [0.1, 0.15) is 35.7 Å². The quantitative estimate of drug-likeness (QED) is 0.383. The highest BCUT2D eigenvalue weighted by Gasteiger charge is 2.14. The Hall–Kier alpha value is -3.15. The summed E-state index contributed by atoms with van der Waals surface area (Å²) in [6, 6.07) is 13.8. The van der Waals surface area contributed by atoms with E-state index in [2.05, 4.69) is 0 Å². The van der Waals surface area contributed by atoms with E-state index in [1.807, 2.05) is 6.07 Å². The van der Waals surface area contributed by atoms with Crippen LogP contribution in [0.2, 0.25) is 0 Å². The molecule has 6 nitrogen and oxygen atoms in total. The van der Waals surface area contributed by atoms with Gasteiger partial charge in [-0.25, -0.2) is 4.79 Å². The van der Waals surface area contributed by atoms with Gasteiger partial charge in [0.1, 0.15) is 12.2 Å². The Morgan fingerprint density at radius 1 is 0.963 bits per heavy atom. The minimum atomic E-state index is -0.511. The van der Waals surface area contributed by atoms with Crippen LogP contribution in [0.15, 0.2) is 48.5 Å². The molecule has 0 aliphatic carbocycles. The average molecular weight is 370 g/mol. The van der Waals surface area contributed by atoms with Gasteiger partial charge in [-0.15, -0.1) is 0 Å². The van der Waals surface area contributed by atoms with E-state index in [0.717, 1.165) is 5.56 Å². The van der Waals surface area contributed by atoms with Crippen LogP contribution in [-0.2, 0) is 20.7 Å². The lowest BCUT2D eigenvalue weighted by atomic mass is 10.1. The molecule has 27 heavy (non-hydrogen) atoms. The van der Waals surface area contributed by atoms with Crippen molar-refractivity contribution in [2.24, 2.45) is 0 Å². The summed E-state index contributed by atoms with van der Waals surface area (Å²) < 4.78 is 15.4. The molecule has 2 aromatic rings. The molecule has 0 amide bonds. The number of hydrogen-bond donors (Lipinski definition) is 0. The van der Waals surface area contributed by atoms with Crippen LogP contribution < -0.4 is 9.47 Å². The fourth-order valence-corrected chi connectivity index (χ4v) is 2.43. The Balaban J connectivity index is 1.98. The van der Waals surface area contributed by atoms with Crippen LogP contribution in [-0.4, -0.2) is 31.4 Å². The van der Waals surface area contributed by atoms with E-state index >= 15 is 0 Å². The maximum absolute atomic E-state index is 12.2. The van der Waals surface area contributed by atoms with Crippen LogP contribution in [0, 0.1) is 0 Å². The highest BCUT2D eigenvalue weighted by molar-refractivity contribution is 5.95. The molecule has 0 heterocycles. The molecule has 2 rings (SSSR count). The largest absolute Gasteiger partial charge is 0.493 e. The number of ether oxygens (including phenoxy) is 3. The summed E-state index contributed by atoms with van der Waals surface area (Å²) in [5.74, 6) is -0.482. The first kappa shape index (κ1) is 20.2. The summed E-state index contributed by atoms with van der Waals surface area (Å²) in [6.45, 7) is 1.95. The first-order valence-corrected chi connectivity index (χ1v) is 8.65. The standard InChI is InChI=1S/C21H22O6/c1-3-26-20(23)14-17(22)11-9-15-10-12-18(19(13-15)25-2)27-21(24)16-7-5-4-6-8-16/h4-8,10,12-13H,3,9,11,14H2,1-2H3. The van der Waals surface area contributed by atoms with E-state index in [9.17, 15) is 14.4 Å². The third kappa shape index (κ3) is 6.26. The van der Waals surface area contributed by atoms with Crippen molar-refractivity contribution < 1.29 is 28.6 Å². The van der Waals surface area contributed by atoms with Gasteiger partial charge in [0, 0.05) is 6.42 Å². The third-order valence-electron chi connectivity index (χ3n) is 3.78. The molecule has 0 atom stereocenters. The Morgan fingerprint density at radius 2 is 1.70 bits per heavy atom. The predicted octanol–water partition coefficient (Wildman–Crippen LogP) is 3.37. The molecular formula is C21H22O6. The van der Waals surface area contributed by atoms with Crippen molar-refractivity contribution in [1.29, 1.82) is 0 Å². The van der Waals surface area contributed by atoms with Crippen LogP contribution in [0.25, 0.3) is 0 Å². The summed E-state index contributed by atoms with van der Waals surface area (Å²) in [7, 11) is 1.48. The Labute approximate surface area is 158 Å². The minimum absolute atomic E-state index is 0.188. The second-order valence-corrected chi connectivity index (χ2v) is 5.76. The van der Waals surface area contributed by atoms with Gasteiger partial charge in [0.05, 0.1) is 19.3 Å². The maximum Gasteiger partial charge on any atom is 0.343 e. The lowest BCUT2D eigenvalue weighted by Crippen LogP contribution is -2.12. The van der Waals surface area contributed by atoms with E-state index in [0.29, 0.717) is 23.5 Å². The smallest absolute Gasteiger partial charge is 0.343 e. The summed E-state index contributed by atoms with van der Waals surface area (Å²) in [6.07, 6.45) is 0.435. The average Bonchev–Trinajstić information content (AvgIpc) is 2.68. The number of carbonyl (C=O) groups is 3. The van der Waals surface area contributed by atoms with Crippen LogP contribution in [0.5, 0.6) is 11.5 Å². The maximum atomic E-state index is 12.2. The molecule has 0 N–H and O–H groups in total. The lowest BCUT2D eigenvalue weighted by molar-refractivity contribution is -0.145. The molecule has 6 heteroatoms. The van der Waals surface area contributed by atoms with E-state index in [1.54, 1.807) is 49.4 Å². The first-order chi connectivity index (χ1) is 13.0. The van der Waals surface area contributed by atoms with Crippen molar-refractivity contribution in [3.05, 3.63) is 59.7 Å². The van der Waals surface area contributed by atoms with E-state index < -0.39 is 11.9 Å². The van der Waals surface area contributed by atoms with Gasteiger partial charge in [-0.3, -0.25) is 9.59 Å². The van der Waals surface area contributed by atoms with Gasteiger partial charge in [0.15, 0.2) is 11.5 Å². The minimum Gasteiger partial charge on any atom is -0.493 e. The molecule has 0 unspecified atom stereocenters. The monoisotopic (exact) mass is 370 g/mol. The zero-order valence-corrected chi connectivity index (χ0v) is 15.4. The molecule has 0 fully saturated rings. The van der Waals surface area contributed by atoms with Gasteiger partial charge in [0.2, 0.25) is 0 Å². The van der Waals surface area contributed by atoms with Gasteiger partial charge in [-0.1, -0.05) is 24.3 Å². The molecule has 0 saturated carbocycles. The van der Waals surface area contributed by atoms with Crippen LogP contribution >= 0.6 is 0 Å². The molecule has 0 aliphatic heterocycles. The lowest BCUT2D eigenvalue weighted by Gasteiger charge is -2.11. The van der Waals surface area contributed by atoms with Gasteiger partial charge in [-0.2, -0.15) is 0 Å². The van der Waals surface area contributed by atoms with Crippen molar-refractivity contribution in [1.82, 2.24) is 0 Å². The highest BCUT2D eigenvalue weighted by atomic mass is 16.6. The number of hydrogen-bond acceptors (Lipinski definition) is 6. The Bertz CT molecular complexity index is 798. The number of methoxy groups -OCH3 is 1. The number of benzene rings is 2. The Morgan fingerprint density at radius 3 is 2.37 bits per heavy atom. The molecule has 0 saturated heterocycles. The number of aryl methyl sites for hydroxylation is 1. The van der Waals surface area contributed by atoms with Crippen molar-refractivity contribution in [2.45, 2.75) is 26.2 Å². The Kier molecular flexibility index (Phi) is 7.55. The molecular weight excluding hydrogens is 348 g/mol. The summed E-state index contributed by atoms with van der Waals surface area (Å²) >= 11 is 0. The second kappa shape index (κ2) is 10.1. The van der Waals surface area contributed by atoms with Crippen LogP contribution in [0.3, 0.4) is 0 Å². The van der Waals surface area contributed by atoms with Crippen molar-refractivity contribution in [2.75, 3.05) is 13.7 Å². The predicted molar refractivity (Wildman–Crippen MR) is 99.0 cm³/mol. The van der Waals surface area contributed by atoms with Gasteiger partial charge < -0.3 is 14.2 Å². The summed E-state index contributed by atoms with van der Waals surface area (Å²) in [5.41, 5.74) is 1.27. The van der Waals surface area contributed by atoms with E-state index in [-0.39, 0.29) is 25.2 Å². The van der Waals surface area contributed by atoms with Crippen molar-refractivity contribution in [3.63, 3.8) is 0 Å². The van der Waals surface area contributed by atoms with Crippen molar-refractivity contribution in [3.8, 4) is 11.5 Å². The number of rotatable bonds is 9. The zero-order valence-electron chi connectivity index (χ0n) is 15.4. The third-order valence-corrected chi connectivity index (χ3v) is 3.78. The van der Waals surface area contributed by atoms with Crippen molar-refractivity contribution >= 4 is 17.7 Å². The highest BCUT2D eigenvalue weighted by Crippen LogP contribution is 2.29. The molecule has 0 spiro atoms. The number of esters is 2. The van der Waals surface area contributed by atoms with E-state index in [4.69, 9.17) is 14.2 Å².